The first-order valence-corrected chi connectivity index (χ1v) is 10.5. The summed E-state index contributed by atoms with van der Waals surface area (Å²) in [5.74, 6) is -0.534. The molecule has 0 bridgehead atoms. The highest BCUT2D eigenvalue weighted by Gasteiger charge is 2.22. The van der Waals surface area contributed by atoms with Crippen LogP contribution in [0.3, 0.4) is 0 Å². The Bertz CT molecular complexity index is 1380. The van der Waals surface area contributed by atoms with Crippen molar-refractivity contribution in [1.29, 1.82) is 5.26 Å². The summed E-state index contributed by atoms with van der Waals surface area (Å²) in [6.07, 6.45) is 1.37. The van der Waals surface area contributed by atoms with Gasteiger partial charge in [0.2, 0.25) is 5.75 Å². The third-order valence-electron chi connectivity index (χ3n) is 5.08. The molecule has 0 aliphatic rings. The van der Waals surface area contributed by atoms with Crippen molar-refractivity contribution in [3.8, 4) is 23.3 Å². The summed E-state index contributed by atoms with van der Waals surface area (Å²) < 4.78 is 10.9. The van der Waals surface area contributed by atoms with Gasteiger partial charge in [0.1, 0.15) is 11.6 Å². The van der Waals surface area contributed by atoms with Crippen LogP contribution in [-0.4, -0.2) is 22.9 Å². The summed E-state index contributed by atoms with van der Waals surface area (Å²) in [5.41, 5.74) is 0.138. The van der Waals surface area contributed by atoms with Crippen LogP contribution < -0.4 is 14.8 Å². The van der Waals surface area contributed by atoms with Gasteiger partial charge in [0.05, 0.1) is 29.1 Å². The van der Waals surface area contributed by atoms with E-state index < -0.39 is 27.1 Å². The molecule has 1 atom stereocenters. The number of nitrogens with one attached hydrogen (secondary N) is 1. The third kappa shape index (κ3) is 6.00. The van der Waals surface area contributed by atoms with E-state index in [-0.39, 0.29) is 28.9 Å². The number of carbonyl (C=O) groups is 1. The molecule has 0 saturated heterocycles. The Hall–Kier alpha value is -5.24. The summed E-state index contributed by atoms with van der Waals surface area (Å²) in [7, 11) is 1.35. The van der Waals surface area contributed by atoms with Gasteiger partial charge < -0.3 is 14.8 Å². The Balaban J connectivity index is 1.85. The van der Waals surface area contributed by atoms with E-state index >= 15 is 0 Å². The maximum absolute atomic E-state index is 12.6. The number of methoxy groups -OCH3 is 1. The lowest BCUT2D eigenvalue weighted by atomic mass is 10.1. The minimum Gasteiger partial charge on any atom is -0.493 e. The monoisotopic (exact) mass is 488 g/mol. The van der Waals surface area contributed by atoms with Crippen LogP contribution in [0, 0.1) is 31.6 Å². The standard InChI is InChI=1S/C25H20N4O7/c1-16(18-6-4-3-5-7-18)27-25(30)19(15-26)12-17-8-10-23(24(13-17)35-2)36-22-11-9-20(28(31)32)14-21(22)29(33)34/h3-14,16H,1-2H3,(H,27,30)/b19-12-/t16-/m0/s1. The van der Waals surface area contributed by atoms with Gasteiger partial charge in [-0.05, 0) is 42.3 Å². The second-order valence-electron chi connectivity index (χ2n) is 7.45. The number of nitrogens with zero attached hydrogens (tertiary/aromatic N) is 3. The number of hydrogen-bond acceptors (Lipinski definition) is 8. The molecule has 0 heterocycles. The third-order valence-corrected chi connectivity index (χ3v) is 5.08. The average Bonchev–Trinajstić information content (AvgIpc) is 2.88. The van der Waals surface area contributed by atoms with Crippen molar-refractivity contribution in [2.45, 2.75) is 13.0 Å². The van der Waals surface area contributed by atoms with Crippen LogP contribution in [0.15, 0.2) is 72.3 Å². The summed E-state index contributed by atoms with van der Waals surface area (Å²) >= 11 is 0. The number of non-ortho nitro benzene ring substituents is 1. The van der Waals surface area contributed by atoms with Crippen molar-refractivity contribution in [1.82, 2.24) is 5.32 Å². The van der Waals surface area contributed by atoms with Crippen molar-refractivity contribution < 1.29 is 24.1 Å². The van der Waals surface area contributed by atoms with Gasteiger partial charge in [0.25, 0.3) is 11.6 Å². The first-order valence-electron chi connectivity index (χ1n) is 10.5. The first-order chi connectivity index (χ1) is 17.2. The molecule has 0 aromatic heterocycles. The Labute approximate surface area is 205 Å². The minimum absolute atomic E-state index is 0.0901. The number of hydrogen-bond donors (Lipinski definition) is 1. The Morgan fingerprint density at radius 3 is 2.31 bits per heavy atom. The van der Waals surface area contributed by atoms with Gasteiger partial charge >= 0.3 is 5.69 Å². The Kier molecular flexibility index (Phi) is 7.94. The second kappa shape index (κ2) is 11.3. The first kappa shape index (κ1) is 25.4. The molecule has 0 fully saturated rings. The van der Waals surface area contributed by atoms with Crippen LogP contribution in [0.25, 0.3) is 6.08 Å². The van der Waals surface area contributed by atoms with E-state index in [1.165, 1.54) is 31.4 Å². The van der Waals surface area contributed by atoms with Gasteiger partial charge in [-0.15, -0.1) is 0 Å². The van der Waals surface area contributed by atoms with E-state index in [1.807, 2.05) is 36.4 Å². The number of rotatable bonds is 9. The molecule has 0 aliphatic heterocycles. The topological polar surface area (TPSA) is 158 Å². The van der Waals surface area contributed by atoms with Gasteiger partial charge in [-0.1, -0.05) is 36.4 Å². The zero-order valence-electron chi connectivity index (χ0n) is 19.2. The molecular formula is C25H20N4O7. The summed E-state index contributed by atoms with van der Waals surface area (Å²) in [4.78, 5) is 33.4. The molecule has 0 aliphatic carbocycles. The molecule has 11 heteroatoms. The molecule has 0 saturated carbocycles. The van der Waals surface area contributed by atoms with E-state index in [0.717, 1.165) is 23.8 Å². The zero-order valence-corrected chi connectivity index (χ0v) is 19.2. The lowest BCUT2D eigenvalue weighted by Crippen LogP contribution is -2.27. The van der Waals surface area contributed by atoms with Gasteiger partial charge in [-0.3, -0.25) is 25.0 Å². The Morgan fingerprint density at radius 2 is 1.69 bits per heavy atom. The normalized spacial score (nSPS) is 11.6. The quantitative estimate of drug-likeness (QED) is 0.189. The fraction of sp³-hybridized carbons (Fsp3) is 0.120. The predicted molar refractivity (Wildman–Crippen MR) is 129 cm³/mol. The van der Waals surface area contributed by atoms with Crippen molar-refractivity contribution in [2.75, 3.05) is 7.11 Å². The molecule has 3 aromatic rings. The molecule has 3 aromatic carbocycles. The van der Waals surface area contributed by atoms with Crippen LogP contribution in [0.4, 0.5) is 11.4 Å². The lowest BCUT2D eigenvalue weighted by molar-refractivity contribution is -0.394. The molecule has 0 spiro atoms. The fourth-order valence-electron chi connectivity index (χ4n) is 3.24. The van der Waals surface area contributed by atoms with Crippen molar-refractivity contribution in [3.63, 3.8) is 0 Å². The minimum atomic E-state index is -0.792. The van der Waals surface area contributed by atoms with Gasteiger partial charge in [-0.25, -0.2) is 0 Å². The molecule has 0 radical (unpaired) electrons. The number of amides is 1. The number of nitro benzene ring substituents is 2. The smallest absolute Gasteiger partial charge is 0.318 e. The van der Waals surface area contributed by atoms with Crippen LogP contribution in [0.1, 0.15) is 24.1 Å². The number of nitro groups is 2. The second-order valence-corrected chi connectivity index (χ2v) is 7.45. The molecular weight excluding hydrogens is 468 g/mol. The van der Waals surface area contributed by atoms with Gasteiger partial charge in [0, 0.05) is 6.07 Å². The van der Waals surface area contributed by atoms with Gasteiger partial charge in [-0.2, -0.15) is 5.26 Å². The van der Waals surface area contributed by atoms with Crippen molar-refractivity contribution in [3.05, 3.63) is 104 Å². The van der Waals surface area contributed by atoms with E-state index in [2.05, 4.69) is 5.32 Å². The largest absolute Gasteiger partial charge is 0.493 e. The molecule has 3 rings (SSSR count). The highest BCUT2D eigenvalue weighted by Crippen LogP contribution is 2.38. The lowest BCUT2D eigenvalue weighted by Gasteiger charge is -2.14. The number of benzene rings is 3. The molecule has 0 unspecified atom stereocenters. The zero-order chi connectivity index (χ0) is 26.2. The summed E-state index contributed by atoms with van der Waals surface area (Å²) in [6.45, 7) is 1.80. The van der Waals surface area contributed by atoms with E-state index in [1.54, 1.807) is 6.92 Å². The number of carbonyl (C=O) groups excluding carboxylic acids is 1. The molecule has 1 amide bonds. The highest BCUT2D eigenvalue weighted by atomic mass is 16.6. The van der Waals surface area contributed by atoms with E-state index in [4.69, 9.17) is 9.47 Å². The van der Waals surface area contributed by atoms with Crippen LogP contribution in [0.5, 0.6) is 17.2 Å². The van der Waals surface area contributed by atoms with Gasteiger partial charge in [0.15, 0.2) is 11.5 Å². The summed E-state index contributed by atoms with van der Waals surface area (Å²) in [5, 5.41) is 34.6. The Morgan fingerprint density at radius 1 is 1.00 bits per heavy atom. The maximum Gasteiger partial charge on any atom is 0.318 e. The van der Waals surface area contributed by atoms with Crippen molar-refractivity contribution in [2.24, 2.45) is 0 Å². The number of nitriles is 1. The molecule has 182 valence electrons. The molecule has 36 heavy (non-hydrogen) atoms. The van der Waals surface area contributed by atoms with Crippen LogP contribution >= 0.6 is 0 Å². The van der Waals surface area contributed by atoms with Crippen LogP contribution in [-0.2, 0) is 4.79 Å². The number of ether oxygens (including phenoxy) is 2. The van der Waals surface area contributed by atoms with E-state index in [9.17, 15) is 30.3 Å². The maximum atomic E-state index is 12.6. The SMILES string of the molecule is COc1cc(/C=C(/C#N)C(=O)N[C@@H](C)c2ccccc2)ccc1Oc1ccc([N+](=O)[O-])cc1[N+](=O)[O-]. The van der Waals surface area contributed by atoms with E-state index in [0.29, 0.717) is 5.56 Å². The van der Waals surface area contributed by atoms with Crippen LogP contribution in [0.2, 0.25) is 0 Å². The highest BCUT2D eigenvalue weighted by molar-refractivity contribution is 6.01. The summed E-state index contributed by atoms with van der Waals surface area (Å²) in [6, 6.07) is 18.3. The predicted octanol–water partition coefficient (Wildman–Crippen LogP) is 5.09. The molecule has 1 N–H and O–H groups in total. The molecule has 11 nitrogen and oxygen atoms in total. The fourth-order valence-corrected chi connectivity index (χ4v) is 3.24. The van der Waals surface area contributed by atoms with Crippen molar-refractivity contribution >= 4 is 23.4 Å². The average molecular weight is 488 g/mol.